The second kappa shape index (κ2) is 5.57. The second-order valence-electron chi connectivity index (χ2n) is 4.47. The summed E-state index contributed by atoms with van der Waals surface area (Å²) in [5.41, 5.74) is 0. The summed E-state index contributed by atoms with van der Waals surface area (Å²) in [5, 5.41) is 8.95. The van der Waals surface area contributed by atoms with Crippen molar-refractivity contribution in [1.82, 2.24) is 4.72 Å². The average Bonchev–Trinajstić information content (AvgIpc) is 2.74. The normalized spacial score (nSPS) is 23.2. The van der Waals surface area contributed by atoms with E-state index in [1.165, 1.54) is 6.07 Å². The highest BCUT2D eigenvalue weighted by Crippen LogP contribution is 2.28. The van der Waals surface area contributed by atoms with Crippen LogP contribution in [0.25, 0.3) is 0 Å². The van der Waals surface area contributed by atoms with Crippen LogP contribution in [0.1, 0.15) is 19.3 Å². The van der Waals surface area contributed by atoms with E-state index < -0.39 is 15.8 Å². The molecule has 1 N–H and O–H groups in total. The van der Waals surface area contributed by atoms with Crippen molar-refractivity contribution in [2.24, 2.45) is 5.92 Å². The van der Waals surface area contributed by atoms with Gasteiger partial charge in [-0.05, 0) is 47.0 Å². The maximum atomic E-state index is 13.0. The summed E-state index contributed by atoms with van der Waals surface area (Å²) in [5.74, 6) is -0.810. The molecule has 1 fully saturated rings. The van der Waals surface area contributed by atoms with Gasteiger partial charge in [0.25, 0.3) is 0 Å². The predicted octanol–water partition coefficient (Wildman–Crippen LogP) is 2.56. The van der Waals surface area contributed by atoms with E-state index in [1.54, 1.807) is 0 Å². The third-order valence-corrected chi connectivity index (χ3v) is 5.64. The topological polar surface area (TPSA) is 70.0 Å². The van der Waals surface area contributed by atoms with Crippen LogP contribution in [-0.4, -0.2) is 14.5 Å². The van der Waals surface area contributed by atoms with Crippen LogP contribution in [0, 0.1) is 23.1 Å². The van der Waals surface area contributed by atoms with E-state index in [0.717, 1.165) is 18.6 Å². The Morgan fingerprint density at radius 1 is 1.42 bits per heavy atom. The minimum atomic E-state index is -3.75. The molecule has 0 saturated heterocycles. The fourth-order valence-electron chi connectivity index (χ4n) is 2.21. The van der Waals surface area contributed by atoms with E-state index in [9.17, 15) is 12.8 Å². The van der Waals surface area contributed by atoms with Crippen molar-refractivity contribution in [1.29, 1.82) is 5.26 Å². The van der Waals surface area contributed by atoms with Crippen LogP contribution in [0.4, 0.5) is 4.39 Å². The average molecular weight is 347 g/mol. The summed E-state index contributed by atoms with van der Waals surface area (Å²) in [6.45, 7) is 0. The summed E-state index contributed by atoms with van der Waals surface area (Å²) in [6, 6.07) is 5.15. The third kappa shape index (κ3) is 3.14. The SMILES string of the molecule is N#CC1CCCC1NS(=O)(=O)c1ccc(F)cc1Br. The van der Waals surface area contributed by atoms with E-state index in [1.807, 2.05) is 0 Å². The number of nitriles is 1. The summed E-state index contributed by atoms with van der Waals surface area (Å²) in [6.07, 6.45) is 2.18. The number of hydrogen-bond acceptors (Lipinski definition) is 3. The van der Waals surface area contributed by atoms with Gasteiger partial charge >= 0.3 is 0 Å². The second-order valence-corrected chi connectivity index (χ2v) is 7.01. The molecular weight excluding hydrogens is 335 g/mol. The monoisotopic (exact) mass is 346 g/mol. The highest BCUT2D eigenvalue weighted by molar-refractivity contribution is 9.10. The first-order chi connectivity index (χ1) is 8.94. The van der Waals surface area contributed by atoms with Crippen LogP contribution in [0.3, 0.4) is 0 Å². The molecule has 1 aliphatic carbocycles. The molecule has 7 heteroatoms. The highest BCUT2D eigenvalue weighted by Gasteiger charge is 2.31. The van der Waals surface area contributed by atoms with Gasteiger partial charge in [-0.1, -0.05) is 6.42 Å². The van der Waals surface area contributed by atoms with Gasteiger partial charge in [0, 0.05) is 10.5 Å². The van der Waals surface area contributed by atoms with Crippen molar-refractivity contribution >= 4 is 26.0 Å². The van der Waals surface area contributed by atoms with E-state index in [-0.39, 0.29) is 21.3 Å². The van der Waals surface area contributed by atoms with Crippen LogP contribution in [-0.2, 0) is 10.0 Å². The summed E-state index contributed by atoms with van der Waals surface area (Å²) < 4.78 is 40.1. The lowest BCUT2D eigenvalue weighted by molar-refractivity contribution is 0.514. The predicted molar refractivity (Wildman–Crippen MR) is 71.2 cm³/mol. The van der Waals surface area contributed by atoms with Gasteiger partial charge in [0.1, 0.15) is 5.82 Å². The van der Waals surface area contributed by atoms with Crippen molar-refractivity contribution in [2.75, 3.05) is 0 Å². The van der Waals surface area contributed by atoms with E-state index in [0.29, 0.717) is 12.8 Å². The quantitative estimate of drug-likeness (QED) is 0.914. The van der Waals surface area contributed by atoms with E-state index in [4.69, 9.17) is 5.26 Å². The Labute approximate surface area is 119 Å². The molecule has 4 nitrogen and oxygen atoms in total. The molecule has 102 valence electrons. The minimum absolute atomic E-state index is 0.0162. The molecule has 1 aromatic carbocycles. The van der Waals surface area contributed by atoms with Gasteiger partial charge in [-0.3, -0.25) is 0 Å². The van der Waals surface area contributed by atoms with Crippen molar-refractivity contribution in [3.8, 4) is 6.07 Å². The number of benzene rings is 1. The molecule has 2 unspecified atom stereocenters. The maximum absolute atomic E-state index is 13.0. The van der Waals surface area contributed by atoms with Crippen molar-refractivity contribution in [2.45, 2.75) is 30.2 Å². The third-order valence-electron chi connectivity index (χ3n) is 3.17. The summed E-state index contributed by atoms with van der Waals surface area (Å²) >= 11 is 3.04. The van der Waals surface area contributed by atoms with Gasteiger partial charge in [0.05, 0.1) is 16.9 Å². The fourth-order valence-corrected chi connectivity index (χ4v) is 4.57. The zero-order chi connectivity index (χ0) is 14.0. The molecule has 2 rings (SSSR count). The molecule has 19 heavy (non-hydrogen) atoms. The Hall–Kier alpha value is -0.970. The molecule has 0 aliphatic heterocycles. The van der Waals surface area contributed by atoms with Gasteiger partial charge < -0.3 is 0 Å². The molecule has 0 bridgehead atoms. The molecular formula is C12H12BrFN2O2S. The molecule has 0 amide bonds. The Balaban J connectivity index is 2.26. The maximum Gasteiger partial charge on any atom is 0.241 e. The number of nitrogens with one attached hydrogen (secondary N) is 1. The van der Waals surface area contributed by atoms with Crippen LogP contribution in [0.2, 0.25) is 0 Å². The molecule has 0 heterocycles. The van der Waals surface area contributed by atoms with E-state index in [2.05, 4.69) is 26.7 Å². The molecule has 2 atom stereocenters. The first-order valence-electron chi connectivity index (χ1n) is 5.81. The Morgan fingerprint density at radius 2 is 2.16 bits per heavy atom. The van der Waals surface area contributed by atoms with Crippen molar-refractivity contribution in [3.05, 3.63) is 28.5 Å². The summed E-state index contributed by atoms with van der Waals surface area (Å²) in [4.78, 5) is -0.0162. The lowest BCUT2D eigenvalue weighted by atomic mass is 10.1. The summed E-state index contributed by atoms with van der Waals surface area (Å²) in [7, 11) is -3.75. The van der Waals surface area contributed by atoms with Gasteiger partial charge in [-0.25, -0.2) is 17.5 Å². The van der Waals surface area contributed by atoms with Gasteiger partial charge in [-0.15, -0.1) is 0 Å². The zero-order valence-electron chi connectivity index (χ0n) is 9.94. The Morgan fingerprint density at radius 3 is 2.79 bits per heavy atom. The smallest absolute Gasteiger partial charge is 0.207 e. The number of rotatable bonds is 3. The van der Waals surface area contributed by atoms with Gasteiger partial charge in [0.15, 0.2) is 0 Å². The number of hydrogen-bond donors (Lipinski definition) is 1. The lowest BCUT2D eigenvalue weighted by Gasteiger charge is -2.16. The van der Waals surface area contributed by atoms with E-state index >= 15 is 0 Å². The van der Waals surface area contributed by atoms with Crippen molar-refractivity contribution in [3.63, 3.8) is 0 Å². The minimum Gasteiger partial charge on any atom is -0.207 e. The molecule has 1 aromatic rings. The number of halogens is 2. The standard InChI is InChI=1S/C12H12BrFN2O2S/c13-10-6-9(14)4-5-12(10)19(17,18)16-11-3-1-2-8(11)7-15/h4-6,8,11,16H,1-3H2. The number of nitrogens with zero attached hydrogens (tertiary/aromatic N) is 1. The highest BCUT2D eigenvalue weighted by atomic mass is 79.9. The first-order valence-corrected chi connectivity index (χ1v) is 8.08. The van der Waals surface area contributed by atoms with Gasteiger partial charge in [0.2, 0.25) is 10.0 Å². The fraction of sp³-hybridized carbons (Fsp3) is 0.417. The lowest BCUT2D eigenvalue weighted by Crippen LogP contribution is -2.37. The molecule has 0 aromatic heterocycles. The largest absolute Gasteiger partial charge is 0.241 e. The van der Waals surface area contributed by atoms with Crippen molar-refractivity contribution < 1.29 is 12.8 Å². The van der Waals surface area contributed by atoms with Gasteiger partial charge in [-0.2, -0.15) is 5.26 Å². The first kappa shape index (κ1) is 14.4. The molecule has 1 aliphatic rings. The van der Waals surface area contributed by atoms with Crippen LogP contribution < -0.4 is 4.72 Å². The van der Waals surface area contributed by atoms with Crippen LogP contribution in [0.5, 0.6) is 0 Å². The number of sulfonamides is 1. The zero-order valence-corrected chi connectivity index (χ0v) is 12.3. The molecule has 1 saturated carbocycles. The van der Waals surface area contributed by atoms with Crippen LogP contribution in [0.15, 0.2) is 27.6 Å². The Kier molecular flexibility index (Phi) is 4.23. The molecule has 0 radical (unpaired) electrons. The van der Waals surface area contributed by atoms with Crippen LogP contribution >= 0.6 is 15.9 Å². The molecule has 0 spiro atoms. The Bertz CT molecular complexity index is 627.